The van der Waals surface area contributed by atoms with Crippen LogP contribution >= 0.6 is 0 Å². The highest BCUT2D eigenvalue weighted by atomic mass is 16.5. The van der Waals surface area contributed by atoms with Crippen LogP contribution in [0.2, 0.25) is 0 Å². The number of benzene rings is 1. The van der Waals surface area contributed by atoms with E-state index in [9.17, 15) is 9.59 Å². The Labute approximate surface area is 137 Å². The number of amides is 1. The minimum atomic E-state index is -0.880. The first kappa shape index (κ1) is 17.3. The average Bonchev–Trinajstić information content (AvgIpc) is 2.83. The number of carbonyl (C=O) groups is 2. The molecule has 1 aliphatic rings. The number of nitrogens with zero attached hydrogens (tertiary/aromatic N) is 1. The van der Waals surface area contributed by atoms with E-state index in [1.807, 2.05) is 17.0 Å². The molecule has 1 N–H and O–H groups in total. The number of aliphatic carboxylic acids is 1. The second kappa shape index (κ2) is 8.56. The minimum absolute atomic E-state index is 0.0358. The fourth-order valence-corrected chi connectivity index (χ4v) is 3.05. The summed E-state index contributed by atoms with van der Waals surface area (Å²) < 4.78 is 5.13. The summed E-state index contributed by atoms with van der Waals surface area (Å²) in [5, 5.41) is 9.16. The van der Waals surface area contributed by atoms with Crippen molar-refractivity contribution in [3.05, 3.63) is 29.8 Å². The highest BCUT2D eigenvalue weighted by Gasteiger charge is 2.23. The van der Waals surface area contributed by atoms with Gasteiger partial charge in [0.2, 0.25) is 5.91 Å². The second-order valence-electron chi connectivity index (χ2n) is 6.07. The number of rotatable bonds is 6. The van der Waals surface area contributed by atoms with Gasteiger partial charge in [-0.05, 0) is 30.5 Å². The lowest BCUT2D eigenvalue weighted by molar-refractivity contribution is -0.138. The summed E-state index contributed by atoms with van der Waals surface area (Å²) in [5.74, 6) is -0.390. The maximum atomic E-state index is 12.5. The quantitative estimate of drug-likeness (QED) is 0.875. The van der Waals surface area contributed by atoms with Crippen LogP contribution in [0.1, 0.15) is 50.0 Å². The minimum Gasteiger partial charge on any atom is -0.497 e. The van der Waals surface area contributed by atoms with Gasteiger partial charge in [-0.3, -0.25) is 9.59 Å². The van der Waals surface area contributed by atoms with Crippen molar-refractivity contribution in [3.8, 4) is 5.75 Å². The highest BCUT2D eigenvalue weighted by molar-refractivity contribution is 5.78. The predicted octanol–water partition coefficient (Wildman–Crippen LogP) is 3.05. The maximum absolute atomic E-state index is 12.5. The Morgan fingerprint density at radius 3 is 2.22 bits per heavy atom. The van der Waals surface area contributed by atoms with E-state index in [2.05, 4.69) is 0 Å². The molecule has 1 aromatic rings. The van der Waals surface area contributed by atoms with Gasteiger partial charge in [0.15, 0.2) is 0 Å². The lowest BCUT2D eigenvalue weighted by atomic mass is 9.92. The van der Waals surface area contributed by atoms with E-state index in [0.29, 0.717) is 0 Å². The number of ether oxygens (including phenoxy) is 1. The molecule has 1 amide bonds. The summed E-state index contributed by atoms with van der Waals surface area (Å²) in [5.41, 5.74) is 0.872. The molecule has 1 heterocycles. The number of likely N-dealkylation sites (tertiary alicyclic amines) is 1. The van der Waals surface area contributed by atoms with Crippen molar-refractivity contribution < 1.29 is 19.4 Å². The van der Waals surface area contributed by atoms with Gasteiger partial charge in [0.05, 0.1) is 13.5 Å². The lowest BCUT2D eigenvalue weighted by Gasteiger charge is -2.23. The van der Waals surface area contributed by atoms with Crippen molar-refractivity contribution in [2.75, 3.05) is 20.2 Å². The first-order valence-corrected chi connectivity index (χ1v) is 8.23. The van der Waals surface area contributed by atoms with Crippen molar-refractivity contribution in [1.29, 1.82) is 0 Å². The third-order valence-corrected chi connectivity index (χ3v) is 4.39. The Hall–Kier alpha value is -2.04. The summed E-state index contributed by atoms with van der Waals surface area (Å²) in [6.45, 7) is 1.59. The smallest absolute Gasteiger partial charge is 0.303 e. The van der Waals surface area contributed by atoms with Gasteiger partial charge in [-0.2, -0.15) is 0 Å². The zero-order chi connectivity index (χ0) is 16.7. The monoisotopic (exact) mass is 319 g/mol. The molecule has 1 saturated heterocycles. The molecule has 23 heavy (non-hydrogen) atoms. The number of hydrogen-bond acceptors (Lipinski definition) is 3. The first-order valence-electron chi connectivity index (χ1n) is 8.23. The van der Waals surface area contributed by atoms with Crippen molar-refractivity contribution >= 4 is 11.9 Å². The Morgan fingerprint density at radius 1 is 1.09 bits per heavy atom. The van der Waals surface area contributed by atoms with Crippen molar-refractivity contribution in [1.82, 2.24) is 4.90 Å². The van der Waals surface area contributed by atoms with E-state index < -0.39 is 5.97 Å². The number of hydrogen-bond donors (Lipinski definition) is 1. The van der Waals surface area contributed by atoms with Crippen LogP contribution in [0, 0.1) is 0 Å². The summed E-state index contributed by atoms with van der Waals surface area (Å²) in [4.78, 5) is 25.6. The number of carboxylic acid groups (broad SMARTS) is 1. The molecule has 1 fully saturated rings. The third-order valence-electron chi connectivity index (χ3n) is 4.39. The molecule has 126 valence electrons. The van der Waals surface area contributed by atoms with E-state index in [1.54, 1.807) is 19.2 Å². The average molecular weight is 319 g/mol. The standard InChI is InChI=1S/C18H25NO4/c1-23-16-8-6-14(7-9-16)15(13-18(21)22)12-17(20)19-10-4-2-3-5-11-19/h6-9,15H,2-5,10-13H2,1H3,(H,21,22)/t15-/m0/s1. The molecule has 1 aromatic carbocycles. The van der Waals surface area contributed by atoms with Gasteiger partial charge in [0, 0.05) is 25.4 Å². The van der Waals surface area contributed by atoms with Crippen LogP contribution in [0.15, 0.2) is 24.3 Å². The van der Waals surface area contributed by atoms with Gasteiger partial charge < -0.3 is 14.7 Å². The fourth-order valence-electron chi connectivity index (χ4n) is 3.05. The SMILES string of the molecule is COc1ccc([C@H](CC(=O)O)CC(=O)N2CCCCCC2)cc1. The van der Waals surface area contributed by atoms with Crippen LogP contribution in [0.25, 0.3) is 0 Å². The molecule has 0 unspecified atom stereocenters. The summed E-state index contributed by atoms with van der Waals surface area (Å²) >= 11 is 0. The van der Waals surface area contributed by atoms with E-state index in [4.69, 9.17) is 9.84 Å². The van der Waals surface area contributed by atoms with Gasteiger partial charge >= 0.3 is 5.97 Å². The molecule has 0 bridgehead atoms. The molecule has 2 rings (SSSR count). The molecular weight excluding hydrogens is 294 g/mol. The first-order chi connectivity index (χ1) is 11.1. The zero-order valence-electron chi connectivity index (χ0n) is 13.7. The number of carboxylic acids is 1. The van der Waals surface area contributed by atoms with Gasteiger partial charge in [0.1, 0.15) is 5.75 Å². The van der Waals surface area contributed by atoms with Crippen LogP contribution < -0.4 is 4.74 Å². The number of carbonyl (C=O) groups excluding carboxylic acids is 1. The maximum Gasteiger partial charge on any atom is 0.303 e. The van der Waals surface area contributed by atoms with Crippen LogP contribution in [-0.2, 0) is 9.59 Å². The zero-order valence-corrected chi connectivity index (χ0v) is 13.7. The Bertz CT molecular complexity index is 518. The van der Waals surface area contributed by atoms with Crippen molar-refractivity contribution in [3.63, 3.8) is 0 Å². The molecule has 0 radical (unpaired) electrons. The molecule has 5 heteroatoms. The van der Waals surface area contributed by atoms with Crippen LogP contribution in [0.3, 0.4) is 0 Å². The molecule has 5 nitrogen and oxygen atoms in total. The Kier molecular flexibility index (Phi) is 6.44. The Morgan fingerprint density at radius 2 is 1.70 bits per heavy atom. The van der Waals surface area contributed by atoms with Gasteiger partial charge in [0.25, 0.3) is 0 Å². The topological polar surface area (TPSA) is 66.8 Å². The van der Waals surface area contributed by atoms with E-state index in [-0.39, 0.29) is 24.7 Å². The van der Waals surface area contributed by atoms with Crippen molar-refractivity contribution in [2.24, 2.45) is 0 Å². The third kappa shape index (κ3) is 5.27. The van der Waals surface area contributed by atoms with E-state index in [1.165, 1.54) is 12.8 Å². The molecule has 1 atom stereocenters. The van der Waals surface area contributed by atoms with E-state index in [0.717, 1.165) is 37.2 Å². The second-order valence-corrected chi connectivity index (χ2v) is 6.07. The Balaban J connectivity index is 2.07. The normalized spacial score (nSPS) is 16.5. The molecular formula is C18H25NO4. The van der Waals surface area contributed by atoms with Crippen LogP contribution in [-0.4, -0.2) is 42.1 Å². The predicted molar refractivity (Wildman–Crippen MR) is 87.7 cm³/mol. The molecule has 0 aromatic heterocycles. The van der Waals surface area contributed by atoms with Gasteiger partial charge in [-0.15, -0.1) is 0 Å². The molecule has 0 aliphatic carbocycles. The number of methoxy groups -OCH3 is 1. The summed E-state index contributed by atoms with van der Waals surface area (Å²) in [7, 11) is 1.59. The van der Waals surface area contributed by atoms with Gasteiger partial charge in [-0.1, -0.05) is 25.0 Å². The molecule has 1 aliphatic heterocycles. The summed E-state index contributed by atoms with van der Waals surface area (Å²) in [6.07, 6.45) is 4.63. The lowest BCUT2D eigenvalue weighted by Crippen LogP contribution is -2.33. The highest BCUT2D eigenvalue weighted by Crippen LogP contribution is 2.27. The van der Waals surface area contributed by atoms with Crippen LogP contribution in [0.4, 0.5) is 0 Å². The van der Waals surface area contributed by atoms with E-state index >= 15 is 0 Å². The molecule has 0 saturated carbocycles. The fraction of sp³-hybridized carbons (Fsp3) is 0.556. The van der Waals surface area contributed by atoms with Crippen molar-refractivity contribution in [2.45, 2.75) is 44.4 Å². The van der Waals surface area contributed by atoms with Crippen LogP contribution in [0.5, 0.6) is 5.75 Å². The molecule has 0 spiro atoms. The van der Waals surface area contributed by atoms with Gasteiger partial charge in [-0.25, -0.2) is 0 Å². The summed E-state index contributed by atoms with van der Waals surface area (Å²) in [6, 6.07) is 7.31. The largest absolute Gasteiger partial charge is 0.497 e.